The minimum Gasteiger partial charge on any atom is -0.378 e. The molecule has 0 atom stereocenters. The van der Waals surface area contributed by atoms with E-state index in [1.165, 1.54) is 0 Å². The molecule has 1 aromatic rings. The number of benzene rings is 1. The average molecular weight is 219 g/mol. The summed E-state index contributed by atoms with van der Waals surface area (Å²) in [5.74, 6) is -0.0352. The topological polar surface area (TPSA) is 46.6 Å². The Morgan fingerprint density at radius 3 is 2.75 bits per heavy atom. The quantitative estimate of drug-likeness (QED) is 0.696. The van der Waals surface area contributed by atoms with Gasteiger partial charge in [-0.05, 0) is 12.1 Å². The third kappa shape index (κ3) is 2.28. The maximum atomic E-state index is 12.0. The van der Waals surface area contributed by atoms with Crippen molar-refractivity contribution in [1.29, 1.82) is 0 Å². The highest BCUT2D eigenvalue weighted by molar-refractivity contribution is 5.95. The second kappa shape index (κ2) is 4.90. The lowest BCUT2D eigenvalue weighted by Gasteiger charge is -2.26. The van der Waals surface area contributed by atoms with Gasteiger partial charge in [-0.1, -0.05) is 12.1 Å². The highest BCUT2D eigenvalue weighted by atomic mass is 16.5. The number of carbonyl (C=O) groups is 2. The fourth-order valence-corrected chi connectivity index (χ4v) is 1.69. The Morgan fingerprint density at radius 1 is 1.31 bits per heavy atom. The van der Waals surface area contributed by atoms with Gasteiger partial charge in [-0.25, -0.2) is 0 Å². The standard InChI is InChI=1S/C12H13NO3/c14-9-10-2-1-3-11(8-10)12(15)13-4-6-16-7-5-13/h1-3,8-9H,4-7H2. The Kier molecular flexibility index (Phi) is 3.31. The van der Waals surface area contributed by atoms with Gasteiger partial charge in [0.25, 0.3) is 5.91 Å². The SMILES string of the molecule is O=Cc1cccc(C(=O)N2CCOCC2)c1. The van der Waals surface area contributed by atoms with E-state index in [1.54, 1.807) is 29.2 Å². The first-order valence-electron chi connectivity index (χ1n) is 5.23. The number of hydrogen-bond acceptors (Lipinski definition) is 3. The van der Waals surface area contributed by atoms with E-state index in [-0.39, 0.29) is 5.91 Å². The Hall–Kier alpha value is -1.68. The van der Waals surface area contributed by atoms with Crippen LogP contribution in [0.2, 0.25) is 0 Å². The fraction of sp³-hybridized carbons (Fsp3) is 0.333. The molecule has 1 amide bonds. The zero-order chi connectivity index (χ0) is 11.4. The Morgan fingerprint density at radius 2 is 2.06 bits per heavy atom. The summed E-state index contributed by atoms with van der Waals surface area (Å²) < 4.78 is 5.18. The van der Waals surface area contributed by atoms with E-state index in [9.17, 15) is 9.59 Å². The van der Waals surface area contributed by atoms with Gasteiger partial charge in [-0.15, -0.1) is 0 Å². The summed E-state index contributed by atoms with van der Waals surface area (Å²) in [6.07, 6.45) is 0.746. The lowest BCUT2D eigenvalue weighted by atomic mass is 10.1. The second-order valence-electron chi connectivity index (χ2n) is 3.65. The summed E-state index contributed by atoms with van der Waals surface area (Å²) in [5, 5.41) is 0. The smallest absolute Gasteiger partial charge is 0.254 e. The van der Waals surface area contributed by atoms with Crippen LogP contribution in [-0.4, -0.2) is 43.4 Å². The molecule has 0 radical (unpaired) electrons. The summed E-state index contributed by atoms with van der Waals surface area (Å²) in [6.45, 7) is 2.40. The molecule has 0 aromatic heterocycles. The third-order valence-corrected chi connectivity index (χ3v) is 2.57. The van der Waals surface area contributed by atoms with Crippen molar-refractivity contribution >= 4 is 12.2 Å². The molecule has 0 N–H and O–H groups in total. The van der Waals surface area contributed by atoms with Gasteiger partial charge in [-0.2, -0.15) is 0 Å². The number of morpholine rings is 1. The van der Waals surface area contributed by atoms with E-state index < -0.39 is 0 Å². The van der Waals surface area contributed by atoms with Crippen LogP contribution in [-0.2, 0) is 4.74 Å². The number of amides is 1. The number of aldehydes is 1. The molecule has 84 valence electrons. The van der Waals surface area contributed by atoms with Crippen molar-refractivity contribution in [3.63, 3.8) is 0 Å². The van der Waals surface area contributed by atoms with Gasteiger partial charge in [0, 0.05) is 24.2 Å². The molecule has 1 aliphatic rings. The highest BCUT2D eigenvalue weighted by Gasteiger charge is 2.18. The van der Waals surface area contributed by atoms with Crippen molar-refractivity contribution in [3.8, 4) is 0 Å². The van der Waals surface area contributed by atoms with Crippen LogP contribution in [0.15, 0.2) is 24.3 Å². The van der Waals surface area contributed by atoms with Gasteiger partial charge >= 0.3 is 0 Å². The molecule has 1 aliphatic heterocycles. The van der Waals surface area contributed by atoms with E-state index in [4.69, 9.17) is 4.74 Å². The van der Waals surface area contributed by atoms with Crippen molar-refractivity contribution in [2.24, 2.45) is 0 Å². The summed E-state index contributed by atoms with van der Waals surface area (Å²) in [7, 11) is 0. The zero-order valence-electron chi connectivity index (χ0n) is 8.89. The normalized spacial score (nSPS) is 15.9. The minimum atomic E-state index is -0.0352. The number of ether oxygens (including phenoxy) is 1. The Labute approximate surface area is 93.8 Å². The maximum absolute atomic E-state index is 12.0. The molecule has 1 aromatic carbocycles. The molecule has 1 fully saturated rings. The molecular formula is C12H13NO3. The van der Waals surface area contributed by atoms with E-state index >= 15 is 0 Å². The highest BCUT2D eigenvalue weighted by Crippen LogP contribution is 2.09. The summed E-state index contributed by atoms with van der Waals surface area (Å²) in [4.78, 5) is 24.4. The van der Waals surface area contributed by atoms with Crippen LogP contribution in [0.5, 0.6) is 0 Å². The average Bonchev–Trinajstić information content (AvgIpc) is 2.39. The van der Waals surface area contributed by atoms with E-state index in [0.29, 0.717) is 37.4 Å². The number of rotatable bonds is 2. The predicted octanol–water partition coefficient (Wildman–Crippen LogP) is 0.972. The molecule has 1 heterocycles. The van der Waals surface area contributed by atoms with Crippen LogP contribution in [0.1, 0.15) is 20.7 Å². The van der Waals surface area contributed by atoms with Crippen LogP contribution in [0.3, 0.4) is 0 Å². The number of carbonyl (C=O) groups excluding carboxylic acids is 2. The predicted molar refractivity (Wildman–Crippen MR) is 58.6 cm³/mol. The first-order valence-corrected chi connectivity index (χ1v) is 5.23. The van der Waals surface area contributed by atoms with Crippen LogP contribution < -0.4 is 0 Å². The lowest BCUT2D eigenvalue weighted by Crippen LogP contribution is -2.40. The monoisotopic (exact) mass is 219 g/mol. The van der Waals surface area contributed by atoms with Crippen molar-refractivity contribution in [2.75, 3.05) is 26.3 Å². The third-order valence-electron chi connectivity index (χ3n) is 2.57. The van der Waals surface area contributed by atoms with Gasteiger partial charge in [0.15, 0.2) is 0 Å². The van der Waals surface area contributed by atoms with Crippen molar-refractivity contribution < 1.29 is 14.3 Å². The molecule has 4 heteroatoms. The molecule has 0 aliphatic carbocycles. The maximum Gasteiger partial charge on any atom is 0.254 e. The summed E-state index contributed by atoms with van der Waals surface area (Å²) in [6, 6.07) is 6.75. The summed E-state index contributed by atoms with van der Waals surface area (Å²) >= 11 is 0. The van der Waals surface area contributed by atoms with Crippen molar-refractivity contribution in [3.05, 3.63) is 35.4 Å². The number of nitrogens with zero attached hydrogens (tertiary/aromatic N) is 1. The minimum absolute atomic E-state index is 0.0352. The Balaban J connectivity index is 2.15. The van der Waals surface area contributed by atoms with Gasteiger partial charge in [0.05, 0.1) is 13.2 Å². The van der Waals surface area contributed by atoms with Crippen LogP contribution in [0, 0.1) is 0 Å². The van der Waals surface area contributed by atoms with E-state index in [1.807, 2.05) is 0 Å². The number of hydrogen-bond donors (Lipinski definition) is 0. The second-order valence-corrected chi connectivity index (χ2v) is 3.65. The first kappa shape index (κ1) is 10.8. The van der Waals surface area contributed by atoms with Crippen molar-refractivity contribution in [1.82, 2.24) is 4.90 Å². The molecule has 16 heavy (non-hydrogen) atoms. The van der Waals surface area contributed by atoms with Crippen molar-refractivity contribution in [2.45, 2.75) is 0 Å². The molecule has 1 saturated heterocycles. The van der Waals surface area contributed by atoms with Crippen LogP contribution >= 0.6 is 0 Å². The van der Waals surface area contributed by atoms with Gasteiger partial charge in [0.2, 0.25) is 0 Å². The van der Waals surface area contributed by atoms with Crippen LogP contribution in [0.25, 0.3) is 0 Å². The molecule has 0 spiro atoms. The molecule has 2 rings (SSSR count). The van der Waals surface area contributed by atoms with Gasteiger partial charge in [0.1, 0.15) is 6.29 Å². The van der Waals surface area contributed by atoms with E-state index in [2.05, 4.69) is 0 Å². The Bertz CT molecular complexity index is 397. The molecular weight excluding hydrogens is 206 g/mol. The molecule has 0 unspecified atom stereocenters. The van der Waals surface area contributed by atoms with Gasteiger partial charge < -0.3 is 9.64 Å². The largest absolute Gasteiger partial charge is 0.378 e. The van der Waals surface area contributed by atoms with Gasteiger partial charge in [-0.3, -0.25) is 9.59 Å². The fourth-order valence-electron chi connectivity index (χ4n) is 1.69. The first-order chi connectivity index (χ1) is 7.81. The summed E-state index contributed by atoms with van der Waals surface area (Å²) in [5.41, 5.74) is 1.09. The lowest BCUT2D eigenvalue weighted by molar-refractivity contribution is 0.0303. The van der Waals surface area contributed by atoms with E-state index in [0.717, 1.165) is 6.29 Å². The molecule has 0 bridgehead atoms. The van der Waals surface area contributed by atoms with Crippen LogP contribution in [0.4, 0.5) is 0 Å². The molecule has 4 nitrogen and oxygen atoms in total. The zero-order valence-corrected chi connectivity index (χ0v) is 8.89. The molecule has 0 saturated carbocycles.